The first-order valence-corrected chi connectivity index (χ1v) is 6.90. The lowest BCUT2D eigenvalue weighted by Crippen LogP contribution is -2.10. The minimum Gasteiger partial charge on any atom is -0.465 e. The summed E-state index contributed by atoms with van der Waals surface area (Å²) < 4.78 is 6.39. The highest BCUT2D eigenvalue weighted by Crippen LogP contribution is 2.30. The number of aromatic nitrogens is 2. The van der Waals surface area contributed by atoms with Crippen molar-refractivity contribution in [2.75, 3.05) is 18.2 Å². The Morgan fingerprint density at radius 1 is 1.48 bits per heavy atom. The van der Waals surface area contributed by atoms with E-state index in [0.717, 1.165) is 24.1 Å². The van der Waals surface area contributed by atoms with E-state index >= 15 is 0 Å². The van der Waals surface area contributed by atoms with E-state index in [2.05, 4.69) is 10.4 Å². The summed E-state index contributed by atoms with van der Waals surface area (Å²) in [6.45, 7) is 1.99. The topological polar surface area (TPSA) is 82.2 Å². The maximum Gasteiger partial charge on any atom is 0.345 e. The van der Waals surface area contributed by atoms with Crippen molar-refractivity contribution in [2.45, 2.75) is 25.8 Å². The van der Waals surface area contributed by atoms with Gasteiger partial charge in [-0.15, -0.1) is 5.10 Å². The Bertz CT molecular complexity index is 689. The first-order chi connectivity index (χ1) is 10.1. The largest absolute Gasteiger partial charge is 0.465 e. The van der Waals surface area contributed by atoms with Gasteiger partial charge in [-0.25, -0.2) is 9.48 Å². The molecule has 0 spiro atoms. The van der Waals surface area contributed by atoms with Gasteiger partial charge in [0.15, 0.2) is 5.82 Å². The highest BCUT2D eigenvalue weighted by molar-refractivity contribution is 6.00. The highest BCUT2D eigenvalue weighted by atomic mass is 16.5. The standard InChI is InChI=1S/C15H18N4O2/c1-9-4-3-5-11(8-9)19-13(16)12(15(20)21-2)14(18-19)17-10-6-7-10/h3-5,8,10H,6-7,16H2,1-2H3,(H,17,18). The number of esters is 1. The van der Waals surface area contributed by atoms with Crippen molar-refractivity contribution in [3.8, 4) is 5.69 Å². The number of hydrogen-bond donors (Lipinski definition) is 2. The number of carbonyl (C=O) groups excluding carboxylic acids is 1. The fourth-order valence-corrected chi connectivity index (χ4v) is 2.21. The van der Waals surface area contributed by atoms with Crippen molar-refractivity contribution in [1.29, 1.82) is 0 Å². The van der Waals surface area contributed by atoms with Crippen molar-refractivity contribution in [1.82, 2.24) is 9.78 Å². The van der Waals surface area contributed by atoms with Crippen LogP contribution in [0.1, 0.15) is 28.8 Å². The third-order valence-corrected chi connectivity index (χ3v) is 3.48. The molecule has 6 nitrogen and oxygen atoms in total. The summed E-state index contributed by atoms with van der Waals surface area (Å²) in [6, 6.07) is 8.16. The molecule has 1 aliphatic carbocycles. The maximum absolute atomic E-state index is 12.0. The molecule has 6 heteroatoms. The Balaban J connectivity index is 2.08. The number of nitrogens with one attached hydrogen (secondary N) is 1. The predicted molar refractivity (Wildman–Crippen MR) is 80.7 cm³/mol. The van der Waals surface area contributed by atoms with E-state index in [-0.39, 0.29) is 5.82 Å². The summed E-state index contributed by atoms with van der Waals surface area (Å²) in [7, 11) is 1.34. The zero-order valence-corrected chi connectivity index (χ0v) is 12.1. The second-order valence-corrected chi connectivity index (χ2v) is 5.27. The Hall–Kier alpha value is -2.50. The number of anilines is 2. The highest BCUT2D eigenvalue weighted by Gasteiger charge is 2.29. The molecule has 1 saturated carbocycles. The van der Waals surface area contributed by atoms with Crippen molar-refractivity contribution >= 4 is 17.6 Å². The van der Waals surface area contributed by atoms with Gasteiger partial charge in [0.2, 0.25) is 0 Å². The van der Waals surface area contributed by atoms with E-state index in [9.17, 15) is 4.79 Å². The number of nitrogens with two attached hydrogens (primary N) is 1. The van der Waals surface area contributed by atoms with Crippen LogP contribution in [0.5, 0.6) is 0 Å². The van der Waals surface area contributed by atoms with Crippen molar-refractivity contribution in [3.05, 3.63) is 35.4 Å². The Morgan fingerprint density at radius 2 is 2.24 bits per heavy atom. The van der Waals surface area contributed by atoms with Gasteiger partial charge in [0, 0.05) is 6.04 Å². The molecular formula is C15H18N4O2. The van der Waals surface area contributed by atoms with Crippen molar-refractivity contribution in [2.24, 2.45) is 0 Å². The number of nitrogens with zero attached hydrogens (tertiary/aromatic N) is 2. The summed E-state index contributed by atoms with van der Waals surface area (Å²) in [5.41, 5.74) is 8.33. The molecule has 0 aliphatic heterocycles. The fourth-order valence-electron chi connectivity index (χ4n) is 2.21. The van der Waals surface area contributed by atoms with Gasteiger partial charge in [0.25, 0.3) is 0 Å². The zero-order valence-electron chi connectivity index (χ0n) is 12.1. The monoisotopic (exact) mass is 286 g/mol. The minimum absolute atomic E-state index is 0.288. The summed E-state index contributed by atoms with van der Waals surface area (Å²) >= 11 is 0. The summed E-state index contributed by atoms with van der Waals surface area (Å²) in [6.07, 6.45) is 2.16. The quantitative estimate of drug-likeness (QED) is 0.841. The van der Waals surface area contributed by atoms with Crippen LogP contribution in [0.25, 0.3) is 5.69 Å². The molecule has 21 heavy (non-hydrogen) atoms. The molecular weight excluding hydrogens is 268 g/mol. The van der Waals surface area contributed by atoms with Gasteiger partial charge in [0.1, 0.15) is 11.4 Å². The maximum atomic E-state index is 12.0. The number of benzene rings is 1. The molecule has 1 heterocycles. The Kier molecular flexibility index (Phi) is 3.29. The first-order valence-electron chi connectivity index (χ1n) is 6.90. The van der Waals surface area contributed by atoms with Crippen LogP contribution in [-0.4, -0.2) is 28.9 Å². The van der Waals surface area contributed by atoms with Crippen LogP contribution in [0, 0.1) is 6.92 Å². The van der Waals surface area contributed by atoms with Gasteiger partial charge in [-0.2, -0.15) is 0 Å². The third kappa shape index (κ3) is 2.56. The van der Waals surface area contributed by atoms with Gasteiger partial charge in [0.05, 0.1) is 12.8 Å². The minimum atomic E-state index is -0.477. The molecule has 1 aliphatic rings. The van der Waals surface area contributed by atoms with Gasteiger partial charge in [-0.05, 0) is 37.5 Å². The molecule has 1 aromatic heterocycles. The number of rotatable bonds is 4. The average Bonchev–Trinajstić information content (AvgIpc) is 3.21. The lowest BCUT2D eigenvalue weighted by atomic mass is 10.2. The first kappa shape index (κ1) is 13.5. The van der Waals surface area contributed by atoms with Crippen LogP contribution in [0.4, 0.5) is 11.6 Å². The number of aryl methyl sites for hydroxylation is 1. The second-order valence-electron chi connectivity index (χ2n) is 5.27. The summed E-state index contributed by atoms with van der Waals surface area (Å²) in [4.78, 5) is 12.0. The molecule has 3 rings (SSSR count). The van der Waals surface area contributed by atoms with Gasteiger partial charge < -0.3 is 15.8 Å². The molecule has 0 bridgehead atoms. The van der Waals surface area contributed by atoms with Gasteiger partial charge in [-0.1, -0.05) is 12.1 Å². The smallest absolute Gasteiger partial charge is 0.345 e. The molecule has 1 aromatic carbocycles. The van der Waals surface area contributed by atoms with Crippen LogP contribution in [-0.2, 0) is 4.74 Å². The molecule has 0 atom stereocenters. The summed E-state index contributed by atoms with van der Waals surface area (Å²) in [5.74, 6) is 0.300. The number of methoxy groups -OCH3 is 1. The molecule has 1 fully saturated rings. The lowest BCUT2D eigenvalue weighted by Gasteiger charge is -2.05. The predicted octanol–water partition coefficient (Wildman–Crippen LogP) is 2.12. The van der Waals surface area contributed by atoms with Crippen LogP contribution in [0.2, 0.25) is 0 Å². The SMILES string of the molecule is COC(=O)c1c(NC2CC2)nn(-c2cccc(C)c2)c1N. The number of ether oxygens (including phenoxy) is 1. The average molecular weight is 286 g/mol. The molecule has 0 saturated heterocycles. The molecule has 0 radical (unpaired) electrons. The van der Waals surface area contributed by atoms with E-state index in [1.54, 1.807) is 4.68 Å². The van der Waals surface area contributed by atoms with Crippen LogP contribution in [0.15, 0.2) is 24.3 Å². The Labute approximate surface area is 122 Å². The van der Waals surface area contributed by atoms with E-state index < -0.39 is 5.97 Å². The molecule has 0 amide bonds. The number of carbonyl (C=O) groups is 1. The van der Waals surface area contributed by atoms with Crippen molar-refractivity contribution < 1.29 is 9.53 Å². The fraction of sp³-hybridized carbons (Fsp3) is 0.333. The Morgan fingerprint density at radius 3 is 2.86 bits per heavy atom. The molecule has 0 unspecified atom stereocenters. The second kappa shape index (κ2) is 5.12. The van der Waals surface area contributed by atoms with Crippen LogP contribution < -0.4 is 11.1 Å². The summed E-state index contributed by atoms with van der Waals surface area (Å²) in [5, 5.41) is 7.68. The van der Waals surface area contributed by atoms with Crippen molar-refractivity contribution in [3.63, 3.8) is 0 Å². The van der Waals surface area contributed by atoms with Crippen LogP contribution >= 0.6 is 0 Å². The molecule has 110 valence electrons. The zero-order chi connectivity index (χ0) is 15.0. The van der Waals surface area contributed by atoms with Crippen LogP contribution in [0.3, 0.4) is 0 Å². The molecule has 3 N–H and O–H groups in total. The van der Waals surface area contributed by atoms with E-state index in [4.69, 9.17) is 10.5 Å². The number of nitrogen functional groups attached to an aromatic ring is 1. The third-order valence-electron chi connectivity index (χ3n) is 3.48. The lowest BCUT2D eigenvalue weighted by molar-refractivity contribution is 0.0603. The van der Waals surface area contributed by atoms with Gasteiger partial charge in [-0.3, -0.25) is 0 Å². The normalized spacial score (nSPS) is 14.0. The molecule has 2 aromatic rings. The number of hydrogen-bond acceptors (Lipinski definition) is 5. The van der Waals surface area contributed by atoms with E-state index in [0.29, 0.717) is 17.4 Å². The van der Waals surface area contributed by atoms with E-state index in [1.165, 1.54) is 7.11 Å². The van der Waals surface area contributed by atoms with E-state index in [1.807, 2.05) is 31.2 Å². The van der Waals surface area contributed by atoms with Gasteiger partial charge >= 0.3 is 5.97 Å².